The topological polar surface area (TPSA) is 63.0 Å². The number of aryl methyl sites for hydroxylation is 1. The maximum atomic E-state index is 5.07. The van der Waals surface area contributed by atoms with Gasteiger partial charge in [-0.15, -0.1) is 0 Å². The zero-order chi connectivity index (χ0) is 24.3. The lowest BCUT2D eigenvalue weighted by Gasteiger charge is -2.26. The molecule has 2 aromatic heterocycles. The summed E-state index contributed by atoms with van der Waals surface area (Å²) in [6.45, 7) is 3.90. The number of hydrogen-bond donors (Lipinski definition) is 0. The molecule has 3 heterocycles. The standard InChI is InChI=1S/C29H29N7/c1-22-30-25-18-10-11-19-26(25)35(22)28-31-27(34-20-12-2-3-13-21-34)32-29(33-28)36(23-14-6-4-7-15-23)24-16-8-5-9-17-24/h4-11,14-19H,2-3,12-13,20-21H2,1H3. The summed E-state index contributed by atoms with van der Waals surface area (Å²) in [6.07, 6.45) is 4.77. The zero-order valence-corrected chi connectivity index (χ0v) is 20.5. The van der Waals surface area contributed by atoms with Crippen LogP contribution < -0.4 is 9.80 Å². The lowest BCUT2D eigenvalue weighted by Crippen LogP contribution is -2.28. The van der Waals surface area contributed by atoms with Crippen LogP contribution in [0.1, 0.15) is 31.5 Å². The molecule has 0 spiro atoms. The lowest BCUT2D eigenvalue weighted by atomic mass is 10.2. The Hall–Kier alpha value is -4.26. The Morgan fingerprint density at radius 1 is 0.611 bits per heavy atom. The Labute approximate surface area is 211 Å². The van der Waals surface area contributed by atoms with Crippen molar-refractivity contribution in [3.05, 3.63) is 90.8 Å². The van der Waals surface area contributed by atoms with Gasteiger partial charge >= 0.3 is 0 Å². The van der Waals surface area contributed by atoms with Gasteiger partial charge in [0.25, 0.3) is 0 Å². The van der Waals surface area contributed by atoms with E-state index in [9.17, 15) is 0 Å². The molecule has 0 aliphatic carbocycles. The highest BCUT2D eigenvalue weighted by Gasteiger charge is 2.23. The summed E-state index contributed by atoms with van der Waals surface area (Å²) in [7, 11) is 0. The molecule has 0 radical (unpaired) electrons. The SMILES string of the molecule is Cc1nc2ccccc2n1-c1nc(N2CCCCCC2)nc(N(c2ccccc2)c2ccccc2)n1. The summed E-state index contributed by atoms with van der Waals surface area (Å²) in [5.74, 6) is 2.74. The van der Waals surface area contributed by atoms with Crippen molar-refractivity contribution in [2.45, 2.75) is 32.6 Å². The second-order valence-electron chi connectivity index (χ2n) is 9.13. The van der Waals surface area contributed by atoms with E-state index in [4.69, 9.17) is 19.9 Å². The minimum atomic E-state index is 0.585. The summed E-state index contributed by atoms with van der Waals surface area (Å²) in [4.78, 5) is 24.3. The van der Waals surface area contributed by atoms with Crippen LogP contribution in [-0.4, -0.2) is 37.6 Å². The number of fused-ring (bicyclic) bond motifs is 1. The van der Waals surface area contributed by atoms with Crippen molar-refractivity contribution in [1.29, 1.82) is 0 Å². The first-order valence-corrected chi connectivity index (χ1v) is 12.6. The van der Waals surface area contributed by atoms with E-state index in [0.29, 0.717) is 17.8 Å². The molecule has 1 aliphatic rings. The molecular weight excluding hydrogens is 446 g/mol. The van der Waals surface area contributed by atoms with Crippen LogP contribution in [0, 0.1) is 6.92 Å². The van der Waals surface area contributed by atoms with Crippen LogP contribution in [-0.2, 0) is 0 Å². The number of hydrogen-bond acceptors (Lipinski definition) is 6. The van der Waals surface area contributed by atoms with E-state index >= 15 is 0 Å². The Bertz CT molecular complexity index is 1420. The summed E-state index contributed by atoms with van der Waals surface area (Å²) < 4.78 is 2.04. The summed E-state index contributed by atoms with van der Waals surface area (Å²) in [6, 6.07) is 28.7. The molecule has 7 heteroatoms. The molecule has 0 atom stereocenters. The monoisotopic (exact) mass is 475 g/mol. The largest absolute Gasteiger partial charge is 0.341 e. The fraction of sp³-hybridized carbons (Fsp3) is 0.241. The van der Waals surface area contributed by atoms with Gasteiger partial charge in [0, 0.05) is 24.5 Å². The second-order valence-corrected chi connectivity index (χ2v) is 9.13. The number of para-hydroxylation sites is 4. The van der Waals surface area contributed by atoms with Crippen molar-refractivity contribution in [2.24, 2.45) is 0 Å². The van der Waals surface area contributed by atoms with Gasteiger partial charge in [-0.1, -0.05) is 61.4 Å². The van der Waals surface area contributed by atoms with Crippen LogP contribution in [0.5, 0.6) is 0 Å². The van der Waals surface area contributed by atoms with Gasteiger partial charge in [-0.25, -0.2) is 4.98 Å². The van der Waals surface area contributed by atoms with Gasteiger partial charge in [-0.3, -0.25) is 9.47 Å². The van der Waals surface area contributed by atoms with Crippen molar-refractivity contribution < 1.29 is 0 Å². The number of aromatic nitrogens is 5. The number of anilines is 4. The highest BCUT2D eigenvalue weighted by atomic mass is 15.4. The van der Waals surface area contributed by atoms with Gasteiger partial charge in [-0.2, -0.15) is 15.0 Å². The quantitative estimate of drug-likeness (QED) is 0.294. The van der Waals surface area contributed by atoms with Crippen molar-refractivity contribution in [3.63, 3.8) is 0 Å². The first kappa shape index (κ1) is 22.2. The predicted octanol–water partition coefficient (Wildman–Crippen LogP) is 6.37. The predicted molar refractivity (Wildman–Crippen MR) is 145 cm³/mol. The molecule has 5 aromatic rings. The molecule has 36 heavy (non-hydrogen) atoms. The number of rotatable bonds is 5. The van der Waals surface area contributed by atoms with Gasteiger partial charge in [0.2, 0.25) is 17.8 Å². The molecule has 3 aromatic carbocycles. The third kappa shape index (κ3) is 4.28. The summed E-state index contributed by atoms with van der Waals surface area (Å²) in [5, 5.41) is 0. The fourth-order valence-electron chi connectivity index (χ4n) is 4.89. The zero-order valence-electron chi connectivity index (χ0n) is 20.5. The molecule has 0 N–H and O–H groups in total. The van der Waals surface area contributed by atoms with E-state index in [1.54, 1.807) is 0 Å². The van der Waals surface area contributed by atoms with E-state index in [1.165, 1.54) is 12.8 Å². The van der Waals surface area contributed by atoms with Crippen molar-refractivity contribution in [3.8, 4) is 5.95 Å². The van der Waals surface area contributed by atoms with Gasteiger partial charge < -0.3 is 4.90 Å². The van der Waals surface area contributed by atoms with Crippen LogP contribution >= 0.6 is 0 Å². The van der Waals surface area contributed by atoms with Gasteiger partial charge in [0.1, 0.15) is 5.82 Å². The van der Waals surface area contributed by atoms with E-state index in [-0.39, 0.29) is 0 Å². The molecule has 0 unspecified atom stereocenters. The Morgan fingerprint density at radius 2 is 1.19 bits per heavy atom. The summed E-state index contributed by atoms with van der Waals surface area (Å²) >= 11 is 0. The van der Waals surface area contributed by atoms with E-state index in [2.05, 4.69) is 40.1 Å². The number of imidazole rings is 1. The normalized spacial score (nSPS) is 14.1. The van der Waals surface area contributed by atoms with Crippen LogP contribution in [0.15, 0.2) is 84.9 Å². The van der Waals surface area contributed by atoms with E-state index in [1.807, 2.05) is 66.1 Å². The van der Waals surface area contributed by atoms with E-state index < -0.39 is 0 Å². The van der Waals surface area contributed by atoms with Crippen LogP contribution in [0.4, 0.5) is 23.3 Å². The maximum absolute atomic E-state index is 5.07. The molecule has 1 fully saturated rings. The molecule has 0 saturated carbocycles. The molecule has 1 saturated heterocycles. The van der Waals surface area contributed by atoms with Crippen LogP contribution in [0.25, 0.3) is 17.0 Å². The molecule has 6 rings (SSSR count). The molecule has 1 aliphatic heterocycles. The fourth-order valence-corrected chi connectivity index (χ4v) is 4.89. The van der Waals surface area contributed by atoms with Crippen LogP contribution in [0.2, 0.25) is 0 Å². The minimum Gasteiger partial charge on any atom is -0.341 e. The molecule has 0 amide bonds. The highest BCUT2D eigenvalue weighted by Crippen LogP contribution is 2.33. The Balaban J connectivity index is 1.58. The lowest BCUT2D eigenvalue weighted by molar-refractivity contribution is 0.726. The third-order valence-electron chi connectivity index (χ3n) is 6.65. The first-order chi connectivity index (χ1) is 17.8. The Morgan fingerprint density at radius 3 is 1.86 bits per heavy atom. The first-order valence-electron chi connectivity index (χ1n) is 12.6. The average Bonchev–Trinajstić information content (AvgIpc) is 3.06. The van der Waals surface area contributed by atoms with E-state index in [0.717, 1.165) is 54.2 Å². The number of nitrogens with zero attached hydrogens (tertiary/aromatic N) is 7. The molecular formula is C29H29N7. The minimum absolute atomic E-state index is 0.585. The molecule has 0 bridgehead atoms. The highest BCUT2D eigenvalue weighted by molar-refractivity contribution is 5.78. The van der Waals surface area contributed by atoms with Crippen molar-refractivity contribution >= 4 is 34.3 Å². The van der Waals surface area contributed by atoms with Gasteiger partial charge in [-0.05, 0) is 56.2 Å². The maximum Gasteiger partial charge on any atom is 0.242 e. The van der Waals surface area contributed by atoms with Gasteiger partial charge in [0.05, 0.1) is 11.0 Å². The Kier molecular flexibility index (Phi) is 6.03. The van der Waals surface area contributed by atoms with Crippen LogP contribution in [0.3, 0.4) is 0 Å². The van der Waals surface area contributed by atoms with Crippen molar-refractivity contribution in [2.75, 3.05) is 22.9 Å². The molecule has 180 valence electrons. The molecule has 7 nitrogen and oxygen atoms in total. The third-order valence-corrected chi connectivity index (χ3v) is 6.65. The summed E-state index contributed by atoms with van der Waals surface area (Å²) in [5.41, 5.74) is 3.90. The van der Waals surface area contributed by atoms with Gasteiger partial charge in [0.15, 0.2) is 0 Å². The smallest absolute Gasteiger partial charge is 0.242 e. The number of benzene rings is 3. The second kappa shape index (κ2) is 9.77. The van der Waals surface area contributed by atoms with Crippen molar-refractivity contribution in [1.82, 2.24) is 24.5 Å². The average molecular weight is 476 g/mol.